The van der Waals surface area contributed by atoms with Crippen LogP contribution in [0.25, 0.3) is 0 Å². The first kappa shape index (κ1) is 21.3. The summed E-state index contributed by atoms with van der Waals surface area (Å²) in [4.78, 5) is 19.2. The molecule has 0 N–H and O–H groups in total. The van der Waals surface area contributed by atoms with E-state index in [-0.39, 0.29) is 17.9 Å². The summed E-state index contributed by atoms with van der Waals surface area (Å²) in [6, 6.07) is 15.2. The number of likely N-dealkylation sites (tertiary alicyclic amines) is 1. The second-order valence-electron chi connectivity index (χ2n) is 8.51. The monoisotopic (exact) mass is 473 g/mol. The number of carbonyl (C=O) groups is 1. The van der Waals surface area contributed by atoms with E-state index in [1.54, 1.807) is 12.1 Å². The summed E-state index contributed by atoms with van der Waals surface area (Å²) < 4.78 is 14.6. The highest BCUT2D eigenvalue weighted by Gasteiger charge is 2.33. The minimum Gasteiger partial charge on any atom is -0.323 e. The maximum absolute atomic E-state index is 13.6. The molecule has 1 atom stereocenters. The van der Waals surface area contributed by atoms with Gasteiger partial charge in [0.1, 0.15) is 5.82 Å². The topological polar surface area (TPSA) is 26.8 Å². The average Bonchev–Trinajstić information content (AvgIpc) is 2.76. The second-order valence-corrected chi connectivity index (χ2v) is 9.36. The number of urea groups is 1. The van der Waals surface area contributed by atoms with Gasteiger partial charge in [-0.3, -0.25) is 4.90 Å². The molecule has 1 unspecified atom stereocenters. The molecule has 0 aliphatic carbocycles. The van der Waals surface area contributed by atoms with Gasteiger partial charge in [-0.15, -0.1) is 0 Å². The van der Waals surface area contributed by atoms with Gasteiger partial charge in [0.05, 0.1) is 0 Å². The number of likely N-dealkylation sites (N-methyl/N-ethyl adjacent to an activating group) is 1. The SMILES string of the molecule is CN1C(=O)N(c2ccccc2)CCC1CN1CCC(Cc2cc(F)ccc2Br)CC1. The molecule has 6 heteroatoms. The van der Waals surface area contributed by atoms with Gasteiger partial charge in [0.25, 0.3) is 0 Å². The van der Waals surface area contributed by atoms with E-state index in [0.717, 1.165) is 67.6 Å². The number of carbonyl (C=O) groups excluding carboxylic acids is 1. The summed E-state index contributed by atoms with van der Waals surface area (Å²) in [5, 5.41) is 0. The third-order valence-electron chi connectivity index (χ3n) is 6.53. The van der Waals surface area contributed by atoms with Crippen LogP contribution < -0.4 is 4.90 Å². The van der Waals surface area contributed by atoms with E-state index in [9.17, 15) is 9.18 Å². The van der Waals surface area contributed by atoms with E-state index >= 15 is 0 Å². The molecule has 2 saturated heterocycles. The molecule has 160 valence electrons. The first-order valence-corrected chi connectivity index (χ1v) is 11.6. The number of rotatable bonds is 5. The number of benzene rings is 2. The molecule has 0 spiro atoms. The van der Waals surface area contributed by atoms with Gasteiger partial charge in [-0.2, -0.15) is 0 Å². The normalized spacial score (nSPS) is 21.3. The van der Waals surface area contributed by atoms with Crippen molar-refractivity contribution in [1.29, 1.82) is 0 Å². The van der Waals surface area contributed by atoms with Crippen molar-refractivity contribution in [3.8, 4) is 0 Å². The Bertz CT molecular complexity index is 870. The second kappa shape index (κ2) is 9.48. The molecule has 0 saturated carbocycles. The highest BCUT2D eigenvalue weighted by atomic mass is 79.9. The molecule has 2 aliphatic rings. The Balaban J connectivity index is 1.28. The highest BCUT2D eigenvalue weighted by molar-refractivity contribution is 9.10. The van der Waals surface area contributed by atoms with Gasteiger partial charge in [0.15, 0.2) is 0 Å². The van der Waals surface area contributed by atoms with E-state index in [1.807, 2.05) is 47.2 Å². The van der Waals surface area contributed by atoms with Crippen LogP contribution >= 0.6 is 15.9 Å². The van der Waals surface area contributed by atoms with Gasteiger partial charge in [-0.1, -0.05) is 34.1 Å². The lowest BCUT2D eigenvalue weighted by molar-refractivity contribution is 0.122. The van der Waals surface area contributed by atoms with Crippen LogP contribution in [0.5, 0.6) is 0 Å². The van der Waals surface area contributed by atoms with Crippen molar-refractivity contribution in [3.63, 3.8) is 0 Å². The summed E-state index contributed by atoms with van der Waals surface area (Å²) in [6.45, 7) is 3.78. The number of halogens is 2. The minimum absolute atomic E-state index is 0.0864. The van der Waals surface area contributed by atoms with E-state index in [1.165, 1.54) is 6.07 Å². The lowest BCUT2D eigenvalue weighted by Crippen LogP contribution is -2.56. The van der Waals surface area contributed by atoms with Crippen LogP contribution in [0.15, 0.2) is 53.0 Å². The summed E-state index contributed by atoms with van der Waals surface area (Å²) in [6.07, 6.45) is 4.13. The van der Waals surface area contributed by atoms with Gasteiger partial charge >= 0.3 is 6.03 Å². The quantitative estimate of drug-likeness (QED) is 0.598. The molecule has 2 heterocycles. The zero-order chi connectivity index (χ0) is 21.1. The fourth-order valence-electron chi connectivity index (χ4n) is 4.66. The van der Waals surface area contributed by atoms with Crippen LogP contribution in [-0.2, 0) is 6.42 Å². The summed E-state index contributed by atoms with van der Waals surface area (Å²) in [5.74, 6) is 0.416. The molecule has 2 fully saturated rings. The maximum Gasteiger partial charge on any atom is 0.324 e. The van der Waals surface area contributed by atoms with Crippen LogP contribution in [0, 0.1) is 11.7 Å². The molecule has 4 nitrogen and oxygen atoms in total. The third kappa shape index (κ3) is 4.86. The number of piperidine rings is 1. The van der Waals surface area contributed by atoms with Crippen molar-refractivity contribution in [2.24, 2.45) is 5.92 Å². The van der Waals surface area contributed by atoms with E-state index in [4.69, 9.17) is 0 Å². The van der Waals surface area contributed by atoms with Crippen LogP contribution in [-0.4, -0.2) is 55.1 Å². The fraction of sp³-hybridized carbons (Fsp3) is 0.458. The maximum atomic E-state index is 13.6. The molecule has 4 rings (SSSR count). The van der Waals surface area contributed by atoms with Gasteiger partial charge in [0, 0.05) is 36.3 Å². The van der Waals surface area contributed by atoms with Gasteiger partial charge < -0.3 is 9.80 Å². The third-order valence-corrected chi connectivity index (χ3v) is 7.30. The number of amides is 2. The Morgan fingerprint density at radius 1 is 1.03 bits per heavy atom. The lowest BCUT2D eigenvalue weighted by Gasteiger charge is -2.42. The molecule has 30 heavy (non-hydrogen) atoms. The van der Waals surface area contributed by atoms with Crippen LogP contribution in [0.1, 0.15) is 24.8 Å². The van der Waals surface area contributed by atoms with Crippen LogP contribution in [0.3, 0.4) is 0 Å². The van der Waals surface area contributed by atoms with Crippen LogP contribution in [0.4, 0.5) is 14.9 Å². The number of hydrogen-bond donors (Lipinski definition) is 0. The summed E-state index contributed by atoms with van der Waals surface area (Å²) in [5.41, 5.74) is 2.03. The van der Waals surface area contributed by atoms with Crippen molar-refractivity contribution >= 4 is 27.6 Å². The van der Waals surface area contributed by atoms with Gasteiger partial charge in [-0.05, 0) is 80.6 Å². The first-order valence-electron chi connectivity index (χ1n) is 10.8. The minimum atomic E-state index is -0.166. The lowest BCUT2D eigenvalue weighted by atomic mass is 9.90. The molecule has 0 bridgehead atoms. The van der Waals surface area contributed by atoms with Gasteiger partial charge in [-0.25, -0.2) is 9.18 Å². The Morgan fingerprint density at radius 3 is 2.50 bits per heavy atom. The van der Waals surface area contributed by atoms with Crippen molar-refractivity contribution in [2.75, 3.05) is 38.1 Å². The molecule has 2 aromatic carbocycles. The number of para-hydroxylation sites is 1. The standard InChI is InChI=1S/C24H29BrFN3O/c1-27-22(11-14-29(24(27)30)21-5-3-2-4-6-21)17-28-12-9-18(10-13-28)15-19-16-20(26)7-8-23(19)25/h2-8,16,18,22H,9-15,17H2,1H3. The van der Waals surface area contributed by atoms with Crippen molar-refractivity contribution in [2.45, 2.75) is 31.7 Å². The van der Waals surface area contributed by atoms with Crippen molar-refractivity contribution < 1.29 is 9.18 Å². The number of nitrogens with zero attached hydrogens (tertiary/aromatic N) is 3. The molecule has 0 aromatic heterocycles. The molecular formula is C24H29BrFN3O. The summed E-state index contributed by atoms with van der Waals surface area (Å²) in [7, 11) is 1.93. The fourth-order valence-corrected chi connectivity index (χ4v) is 5.07. The van der Waals surface area contributed by atoms with Gasteiger partial charge in [0.2, 0.25) is 0 Å². The molecule has 0 radical (unpaired) electrons. The Morgan fingerprint density at radius 2 is 1.77 bits per heavy atom. The number of hydrogen-bond acceptors (Lipinski definition) is 2. The average molecular weight is 474 g/mol. The van der Waals surface area contributed by atoms with E-state index in [0.29, 0.717) is 5.92 Å². The number of anilines is 1. The van der Waals surface area contributed by atoms with E-state index in [2.05, 4.69) is 20.8 Å². The molecule has 2 amide bonds. The molecular weight excluding hydrogens is 445 g/mol. The molecule has 2 aromatic rings. The predicted octanol–water partition coefficient (Wildman–Crippen LogP) is 5.17. The zero-order valence-corrected chi connectivity index (χ0v) is 19.0. The van der Waals surface area contributed by atoms with Crippen LogP contribution in [0.2, 0.25) is 0 Å². The largest absolute Gasteiger partial charge is 0.324 e. The Kier molecular flexibility index (Phi) is 6.74. The highest BCUT2D eigenvalue weighted by Crippen LogP contribution is 2.28. The summed E-state index contributed by atoms with van der Waals surface area (Å²) >= 11 is 3.55. The van der Waals surface area contributed by atoms with Crippen molar-refractivity contribution in [1.82, 2.24) is 9.80 Å². The zero-order valence-electron chi connectivity index (χ0n) is 17.4. The van der Waals surface area contributed by atoms with E-state index < -0.39 is 0 Å². The Labute approximate surface area is 186 Å². The van der Waals surface area contributed by atoms with Crippen molar-refractivity contribution in [3.05, 3.63) is 64.4 Å². The predicted molar refractivity (Wildman–Crippen MR) is 122 cm³/mol. The smallest absolute Gasteiger partial charge is 0.323 e. The molecule has 2 aliphatic heterocycles. The first-order chi connectivity index (χ1) is 14.5. The Hall–Kier alpha value is -1.92.